The van der Waals surface area contributed by atoms with Crippen LogP contribution in [-0.2, 0) is 0 Å². The van der Waals surface area contributed by atoms with Crippen LogP contribution in [0.5, 0.6) is 0 Å². The van der Waals surface area contributed by atoms with Gasteiger partial charge in [-0.15, -0.1) is 0 Å². The summed E-state index contributed by atoms with van der Waals surface area (Å²) in [5, 5.41) is 6.84. The van der Waals surface area contributed by atoms with Crippen LogP contribution in [0.4, 0.5) is 11.6 Å². The summed E-state index contributed by atoms with van der Waals surface area (Å²) in [4.78, 5) is 11.3. The molecule has 0 bridgehead atoms. The van der Waals surface area contributed by atoms with E-state index in [1.165, 1.54) is 19.3 Å². The highest BCUT2D eigenvalue weighted by molar-refractivity contribution is 5.50. The van der Waals surface area contributed by atoms with Gasteiger partial charge in [-0.25, -0.2) is 9.97 Å². The lowest BCUT2D eigenvalue weighted by Crippen LogP contribution is -2.34. The van der Waals surface area contributed by atoms with Crippen LogP contribution in [0.15, 0.2) is 6.07 Å². The largest absolute Gasteiger partial charge is 0.367 e. The first kappa shape index (κ1) is 11.7. The molecule has 1 aliphatic heterocycles. The van der Waals surface area contributed by atoms with Crippen molar-refractivity contribution >= 4 is 11.6 Å². The third kappa shape index (κ3) is 2.56. The van der Waals surface area contributed by atoms with E-state index < -0.39 is 0 Å². The van der Waals surface area contributed by atoms with Crippen molar-refractivity contribution in [3.05, 3.63) is 11.9 Å². The fourth-order valence-electron chi connectivity index (χ4n) is 2.40. The first-order valence-electron chi connectivity index (χ1n) is 6.78. The standard InChI is InChI=1S/C13H21N5/c1-9-15-12(17-10-3-4-10)7-13(16-9)18(2)11-5-6-14-8-11/h7,10-11,14H,3-6,8H2,1-2H3,(H,15,16,17). The molecule has 0 spiro atoms. The number of aryl methyl sites for hydroxylation is 1. The zero-order chi connectivity index (χ0) is 12.5. The zero-order valence-electron chi connectivity index (χ0n) is 11.1. The molecule has 1 atom stereocenters. The van der Waals surface area contributed by atoms with Gasteiger partial charge in [0, 0.05) is 31.7 Å². The molecule has 0 amide bonds. The molecule has 0 radical (unpaired) electrons. The smallest absolute Gasteiger partial charge is 0.134 e. The van der Waals surface area contributed by atoms with E-state index in [1.807, 2.05) is 6.92 Å². The van der Waals surface area contributed by atoms with Gasteiger partial charge in [0.15, 0.2) is 0 Å². The molecule has 5 heteroatoms. The second-order valence-corrected chi connectivity index (χ2v) is 5.33. The molecule has 1 unspecified atom stereocenters. The van der Waals surface area contributed by atoms with Crippen molar-refractivity contribution in [1.29, 1.82) is 0 Å². The van der Waals surface area contributed by atoms with Crippen molar-refractivity contribution in [2.24, 2.45) is 0 Å². The number of nitrogens with one attached hydrogen (secondary N) is 2. The zero-order valence-corrected chi connectivity index (χ0v) is 11.1. The highest BCUT2D eigenvalue weighted by Crippen LogP contribution is 2.26. The SMILES string of the molecule is Cc1nc(NC2CC2)cc(N(C)C2CCNC2)n1. The molecule has 2 N–H and O–H groups in total. The molecular weight excluding hydrogens is 226 g/mol. The van der Waals surface area contributed by atoms with Crippen LogP contribution in [0.1, 0.15) is 25.1 Å². The third-order valence-electron chi connectivity index (χ3n) is 3.70. The van der Waals surface area contributed by atoms with Gasteiger partial charge in [0.05, 0.1) is 0 Å². The summed E-state index contributed by atoms with van der Waals surface area (Å²) in [6, 6.07) is 3.25. The Balaban J connectivity index is 1.78. The van der Waals surface area contributed by atoms with Crippen LogP contribution < -0.4 is 15.5 Å². The summed E-state index contributed by atoms with van der Waals surface area (Å²) in [6.45, 7) is 4.11. The number of hydrogen-bond donors (Lipinski definition) is 2. The van der Waals surface area contributed by atoms with E-state index in [9.17, 15) is 0 Å². The molecule has 2 fully saturated rings. The number of aromatic nitrogens is 2. The molecule has 3 rings (SSSR count). The van der Waals surface area contributed by atoms with Crippen molar-refractivity contribution in [1.82, 2.24) is 15.3 Å². The molecule has 0 aromatic carbocycles. The van der Waals surface area contributed by atoms with Gasteiger partial charge in [0.1, 0.15) is 17.5 Å². The van der Waals surface area contributed by atoms with E-state index in [2.05, 4.69) is 38.6 Å². The molecule has 1 aromatic rings. The number of rotatable bonds is 4. The van der Waals surface area contributed by atoms with Crippen LogP contribution >= 0.6 is 0 Å². The Morgan fingerprint density at radius 3 is 2.83 bits per heavy atom. The highest BCUT2D eigenvalue weighted by Gasteiger charge is 2.23. The lowest BCUT2D eigenvalue weighted by atomic mass is 10.2. The molecule has 1 saturated heterocycles. The molecule has 1 saturated carbocycles. The number of hydrogen-bond acceptors (Lipinski definition) is 5. The topological polar surface area (TPSA) is 53.1 Å². The van der Waals surface area contributed by atoms with Crippen LogP contribution in [0, 0.1) is 6.92 Å². The maximum Gasteiger partial charge on any atom is 0.134 e. The summed E-state index contributed by atoms with van der Waals surface area (Å²) in [5.74, 6) is 2.84. The van der Waals surface area contributed by atoms with Crippen molar-refractivity contribution in [2.75, 3.05) is 30.4 Å². The molecular formula is C13H21N5. The highest BCUT2D eigenvalue weighted by atomic mass is 15.2. The van der Waals surface area contributed by atoms with E-state index in [4.69, 9.17) is 0 Å². The monoisotopic (exact) mass is 247 g/mol. The molecule has 5 nitrogen and oxygen atoms in total. The van der Waals surface area contributed by atoms with Gasteiger partial charge in [-0.3, -0.25) is 0 Å². The van der Waals surface area contributed by atoms with Crippen molar-refractivity contribution < 1.29 is 0 Å². The fraction of sp³-hybridized carbons (Fsp3) is 0.692. The second-order valence-electron chi connectivity index (χ2n) is 5.33. The van der Waals surface area contributed by atoms with Gasteiger partial charge >= 0.3 is 0 Å². The Morgan fingerprint density at radius 2 is 2.17 bits per heavy atom. The Kier molecular flexibility index (Phi) is 3.07. The summed E-state index contributed by atoms with van der Waals surface area (Å²) in [6.07, 6.45) is 3.71. The van der Waals surface area contributed by atoms with Gasteiger partial charge in [-0.2, -0.15) is 0 Å². The van der Waals surface area contributed by atoms with Gasteiger partial charge in [0.2, 0.25) is 0 Å². The third-order valence-corrected chi connectivity index (χ3v) is 3.70. The average Bonchev–Trinajstić information content (AvgIpc) is 2.98. The minimum atomic E-state index is 0.549. The van der Waals surface area contributed by atoms with E-state index in [1.54, 1.807) is 0 Å². The predicted octanol–water partition coefficient (Wildman–Crippen LogP) is 1.16. The van der Waals surface area contributed by atoms with E-state index in [0.29, 0.717) is 12.1 Å². The van der Waals surface area contributed by atoms with Crippen LogP contribution in [0.2, 0.25) is 0 Å². The Morgan fingerprint density at radius 1 is 1.33 bits per heavy atom. The Bertz CT molecular complexity index is 423. The first-order valence-corrected chi connectivity index (χ1v) is 6.78. The minimum absolute atomic E-state index is 0.549. The molecule has 1 aliphatic carbocycles. The lowest BCUT2D eigenvalue weighted by molar-refractivity contribution is 0.675. The van der Waals surface area contributed by atoms with E-state index in [0.717, 1.165) is 30.5 Å². The molecule has 2 heterocycles. The quantitative estimate of drug-likeness (QED) is 0.836. The van der Waals surface area contributed by atoms with E-state index in [-0.39, 0.29) is 0 Å². The number of anilines is 2. The number of likely N-dealkylation sites (N-methyl/N-ethyl adjacent to an activating group) is 1. The van der Waals surface area contributed by atoms with Gasteiger partial charge < -0.3 is 15.5 Å². The molecule has 98 valence electrons. The lowest BCUT2D eigenvalue weighted by Gasteiger charge is -2.25. The summed E-state index contributed by atoms with van der Waals surface area (Å²) < 4.78 is 0. The fourth-order valence-corrected chi connectivity index (χ4v) is 2.40. The van der Waals surface area contributed by atoms with Crippen LogP contribution in [0.25, 0.3) is 0 Å². The molecule has 18 heavy (non-hydrogen) atoms. The summed E-state index contributed by atoms with van der Waals surface area (Å²) in [5.41, 5.74) is 0. The predicted molar refractivity (Wildman–Crippen MR) is 73.1 cm³/mol. The van der Waals surface area contributed by atoms with Gasteiger partial charge in [0.25, 0.3) is 0 Å². The van der Waals surface area contributed by atoms with Crippen molar-refractivity contribution in [2.45, 2.75) is 38.3 Å². The first-order chi connectivity index (χ1) is 8.72. The molecule has 1 aromatic heterocycles. The average molecular weight is 247 g/mol. The Labute approximate surface area is 108 Å². The normalized spacial score (nSPS) is 23.1. The van der Waals surface area contributed by atoms with Crippen molar-refractivity contribution in [3.8, 4) is 0 Å². The van der Waals surface area contributed by atoms with Crippen LogP contribution in [-0.4, -0.2) is 42.2 Å². The molecule has 2 aliphatic rings. The van der Waals surface area contributed by atoms with E-state index >= 15 is 0 Å². The summed E-state index contributed by atoms with van der Waals surface area (Å²) in [7, 11) is 2.13. The number of nitrogens with zero attached hydrogens (tertiary/aromatic N) is 3. The summed E-state index contributed by atoms with van der Waals surface area (Å²) >= 11 is 0. The maximum atomic E-state index is 4.55. The van der Waals surface area contributed by atoms with Gasteiger partial charge in [-0.05, 0) is 32.7 Å². The van der Waals surface area contributed by atoms with Crippen molar-refractivity contribution in [3.63, 3.8) is 0 Å². The van der Waals surface area contributed by atoms with Crippen LogP contribution in [0.3, 0.4) is 0 Å². The minimum Gasteiger partial charge on any atom is -0.367 e. The van der Waals surface area contributed by atoms with Gasteiger partial charge in [-0.1, -0.05) is 0 Å². The Hall–Kier alpha value is -1.36. The maximum absolute atomic E-state index is 4.55. The second kappa shape index (κ2) is 4.72.